The molecule has 0 radical (unpaired) electrons. The number of nitrogens with zero attached hydrogens (tertiary/aromatic N) is 2. The maximum absolute atomic E-state index is 12.6. The van der Waals surface area contributed by atoms with Crippen LogP contribution in [0.15, 0.2) is 54.6 Å². The van der Waals surface area contributed by atoms with E-state index in [2.05, 4.69) is 34.5 Å². The van der Waals surface area contributed by atoms with Crippen LogP contribution in [0, 0.1) is 0 Å². The third kappa shape index (κ3) is 4.84. The summed E-state index contributed by atoms with van der Waals surface area (Å²) in [4.78, 5) is 16.9. The zero-order valence-electron chi connectivity index (χ0n) is 15.5. The van der Waals surface area contributed by atoms with Gasteiger partial charge >= 0.3 is 0 Å². The van der Waals surface area contributed by atoms with Crippen molar-refractivity contribution in [3.63, 3.8) is 0 Å². The van der Waals surface area contributed by atoms with Gasteiger partial charge in [0.05, 0.1) is 19.3 Å². The van der Waals surface area contributed by atoms with E-state index in [9.17, 15) is 4.79 Å². The molecule has 1 atom stereocenters. The Morgan fingerprint density at radius 2 is 1.77 bits per heavy atom. The quantitative estimate of drug-likeness (QED) is 0.867. The van der Waals surface area contributed by atoms with Crippen LogP contribution >= 0.6 is 0 Å². The highest BCUT2D eigenvalue weighted by molar-refractivity contribution is 5.94. The molecule has 26 heavy (non-hydrogen) atoms. The second-order valence-corrected chi connectivity index (χ2v) is 6.71. The van der Waals surface area contributed by atoms with Crippen LogP contribution < -0.4 is 10.2 Å². The third-order valence-corrected chi connectivity index (χ3v) is 4.83. The standard InChI is InChI=1S/C21H27N3O2/c1-17(23(2)16-18-6-4-3-5-7-18)21(25)22-19-8-10-20(11-9-19)24-12-14-26-15-13-24/h3-11,17H,12-16H2,1-2H3,(H,22,25)/t17-/m0/s1. The molecule has 5 heteroatoms. The largest absolute Gasteiger partial charge is 0.378 e. The molecule has 138 valence electrons. The van der Waals surface area contributed by atoms with E-state index < -0.39 is 0 Å². The van der Waals surface area contributed by atoms with Crippen molar-refractivity contribution in [2.24, 2.45) is 0 Å². The number of amides is 1. The summed E-state index contributed by atoms with van der Waals surface area (Å²) in [5.41, 5.74) is 3.19. The molecule has 1 N–H and O–H groups in total. The Labute approximate surface area is 155 Å². The maximum Gasteiger partial charge on any atom is 0.241 e. The molecule has 0 aromatic heterocycles. The zero-order valence-corrected chi connectivity index (χ0v) is 15.5. The summed E-state index contributed by atoms with van der Waals surface area (Å²) < 4.78 is 5.39. The fourth-order valence-electron chi connectivity index (χ4n) is 3.03. The minimum absolute atomic E-state index is 0.00236. The van der Waals surface area contributed by atoms with E-state index in [4.69, 9.17) is 4.74 Å². The Hall–Kier alpha value is -2.37. The van der Waals surface area contributed by atoms with Crippen molar-refractivity contribution in [1.29, 1.82) is 0 Å². The predicted molar refractivity (Wildman–Crippen MR) is 105 cm³/mol. The van der Waals surface area contributed by atoms with Gasteiger partial charge in [-0.15, -0.1) is 0 Å². The van der Waals surface area contributed by atoms with Gasteiger partial charge in [-0.05, 0) is 43.8 Å². The molecular formula is C21H27N3O2. The molecule has 0 spiro atoms. The second-order valence-electron chi connectivity index (χ2n) is 6.71. The first kappa shape index (κ1) is 18.4. The maximum atomic E-state index is 12.6. The number of hydrogen-bond acceptors (Lipinski definition) is 4. The highest BCUT2D eigenvalue weighted by Gasteiger charge is 2.18. The SMILES string of the molecule is C[C@@H](C(=O)Nc1ccc(N2CCOCC2)cc1)N(C)Cc1ccccc1. The number of rotatable bonds is 6. The molecule has 0 aliphatic carbocycles. The first-order chi connectivity index (χ1) is 12.6. The van der Waals surface area contributed by atoms with Crippen LogP contribution in [-0.2, 0) is 16.1 Å². The van der Waals surface area contributed by atoms with E-state index in [-0.39, 0.29) is 11.9 Å². The van der Waals surface area contributed by atoms with Crippen molar-refractivity contribution < 1.29 is 9.53 Å². The number of ether oxygens (including phenoxy) is 1. The number of anilines is 2. The van der Waals surface area contributed by atoms with E-state index >= 15 is 0 Å². The van der Waals surface area contributed by atoms with Gasteiger partial charge in [0.25, 0.3) is 0 Å². The van der Waals surface area contributed by atoms with Crippen LogP contribution in [-0.4, -0.2) is 50.2 Å². The van der Waals surface area contributed by atoms with Crippen molar-refractivity contribution in [3.05, 3.63) is 60.2 Å². The first-order valence-electron chi connectivity index (χ1n) is 9.11. The Balaban J connectivity index is 1.54. The molecule has 2 aromatic rings. The number of hydrogen-bond donors (Lipinski definition) is 1. The average molecular weight is 353 g/mol. The molecule has 1 fully saturated rings. The molecule has 1 saturated heterocycles. The van der Waals surface area contributed by atoms with Crippen LogP contribution in [0.4, 0.5) is 11.4 Å². The van der Waals surface area contributed by atoms with Crippen LogP contribution in [0.5, 0.6) is 0 Å². The van der Waals surface area contributed by atoms with Crippen molar-refractivity contribution in [3.8, 4) is 0 Å². The van der Waals surface area contributed by atoms with Gasteiger partial charge in [0, 0.05) is 31.0 Å². The average Bonchev–Trinajstić information content (AvgIpc) is 2.69. The molecule has 0 bridgehead atoms. The van der Waals surface area contributed by atoms with E-state index in [1.807, 2.05) is 49.2 Å². The number of likely N-dealkylation sites (N-methyl/N-ethyl adjacent to an activating group) is 1. The molecule has 0 unspecified atom stereocenters. The van der Waals surface area contributed by atoms with E-state index in [1.54, 1.807) is 0 Å². The lowest BCUT2D eigenvalue weighted by atomic mass is 10.2. The smallest absolute Gasteiger partial charge is 0.241 e. The fourth-order valence-corrected chi connectivity index (χ4v) is 3.03. The normalized spacial score (nSPS) is 15.7. The Morgan fingerprint density at radius 3 is 2.42 bits per heavy atom. The molecule has 1 aliphatic heterocycles. The van der Waals surface area contributed by atoms with Crippen LogP contribution in [0.2, 0.25) is 0 Å². The van der Waals surface area contributed by atoms with Crippen molar-refractivity contribution in [1.82, 2.24) is 4.90 Å². The lowest BCUT2D eigenvalue weighted by molar-refractivity contribution is -0.120. The number of carbonyl (C=O) groups excluding carboxylic acids is 1. The van der Waals surface area contributed by atoms with E-state index in [0.717, 1.165) is 38.5 Å². The van der Waals surface area contributed by atoms with Gasteiger partial charge in [-0.1, -0.05) is 30.3 Å². The lowest BCUT2D eigenvalue weighted by Gasteiger charge is -2.29. The molecule has 1 amide bonds. The first-order valence-corrected chi connectivity index (χ1v) is 9.11. The summed E-state index contributed by atoms with van der Waals surface area (Å²) in [6.45, 7) is 6.03. The monoisotopic (exact) mass is 353 g/mol. The number of nitrogens with one attached hydrogen (secondary N) is 1. The van der Waals surface area contributed by atoms with Crippen molar-refractivity contribution in [2.75, 3.05) is 43.6 Å². The van der Waals surface area contributed by atoms with Crippen molar-refractivity contribution in [2.45, 2.75) is 19.5 Å². The van der Waals surface area contributed by atoms with Gasteiger partial charge in [-0.2, -0.15) is 0 Å². The van der Waals surface area contributed by atoms with E-state index in [0.29, 0.717) is 0 Å². The Morgan fingerprint density at radius 1 is 1.12 bits per heavy atom. The molecule has 0 saturated carbocycles. The molecule has 2 aromatic carbocycles. The summed E-state index contributed by atoms with van der Waals surface area (Å²) in [5.74, 6) is 0.00236. The summed E-state index contributed by atoms with van der Waals surface area (Å²) >= 11 is 0. The fraction of sp³-hybridized carbons (Fsp3) is 0.381. The second kappa shape index (κ2) is 8.83. The van der Waals surface area contributed by atoms with Gasteiger partial charge in [-0.25, -0.2) is 0 Å². The minimum atomic E-state index is -0.214. The highest BCUT2D eigenvalue weighted by Crippen LogP contribution is 2.19. The Kier molecular flexibility index (Phi) is 6.26. The molecular weight excluding hydrogens is 326 g/mol. The van der Waals surface area contributed by atoms with Gasteiger partial charge in [0.1, 0.15) is 0 Å². The van der Waals surface area contributed by atoms with Crippen molar-refractivity contribution >= 4 is 17.3 Å². The lowest BCUT2D eigenvalue weighted by Crippen LogP contribution is -2.39. The summed E-state index contributed by atoms with van der Waals surface area (Å²) in [5, 5.41) is 3.01. The molecule has 1 aliphatic rings. The van der Waals surface area contributed by atoms with E-state index in [1.165, 1.54) is 11.3 Å². The Bertz CT molecular complexity index is 697. The highest BCUT2D eigenvalue weighted by atomic mass is 16.5. The van der Waals surface area contributed by atoms with Gasteiger partial charge in [-0.3, -0.25) is 9.69 Å². The van der Waals surface area contributed by atoms with Gasteiger partial charge in [0.2, 0.25) is 5.91 Å². The summed E-state index contributed by atoms with van der Waals surface area (Å²) in [6, 6.07) is 18.0. The zero-order chi connectivity index (χ0) is 18.4. The molecule has 5 nitrogen and oxygen atoms in total. The summed E-state index contributed by atoms with van der Waals surface area (Å²) in [6.07, 6.45) is 0. The topological polar surface area (TPSA) is 44.8 Å². The number of morpholine rings is 1. The number of carbonyl (C=O) groups is 1. The predicted octanol–water partition coefficient (Wildman–Crippen LogP) is 2.98. The molecule has 3 rings (SSSR count). The number of benzene rings is 2. The minimum Gasteiger partial charge on any atom is -0.378 e. The molecule has 1 heterocycles. The van der Waals surface area contributed by atoms with Crippen LogP contribution in [0.1, 0.15) is 12.5 Å². The summed E-state index contributed by atoms with van der Waals surface area (Å²) in [7, 11) is 1.97. The van der Waals surface area contributed by atoms with Gasteiger partial charge < -0.3 is 15.0 Å². The third-order valence-electron chi connectivity index (χ3n) is 4.83. The van der Waals surface area contributed by atoms with Crippen LogP contribution in [0.3, 0.4) is 0 Å². The van der Waals surface area contributed by atoms with Crippen LogP contribution in [0.25, 0.3) is 0 Å². The van der Waals surface area contributed by atoms with Gasteiger partial charge in [0.15, 0.2) is 0 Å².